The van der Waals surface area contributed by atoms with Gasteiger partial charge in [0.05, 0.1) is 17.6 Å². The number of hydrogen-bond acceptors (Lipinski definition) is 10. The molecule has 1 aromatic carbocycles. The Hall–Kier alpha value is -5.08. The molecule has 0 bridgehead atoms. The number of carbonyl (C=O) groups is 6. The number of unbranched alkanes of at least 4 members (excludes halogenated alkanes) is 2. The second kappa shape index (κ2) is 16.3. The number of nitrogen functional groups attached to an aromatic ring is 1. The van der Waals surface area contributed by atoms with Gasteiger partial charge in [-0.25, -0.2) is 14.8 Å². The van der Waals surface area contributed by atoms with Crippen molar-refractivity contribution in [1.29, 1.82) is 0 Å². The monoisotopic (exact) mass is 676 g/mol. The molecule has 0 unspecified atom stereocenters. The summed E-state index contributed by atoms with van der Waals surface area (Å²) in [5.41, 5.74) is 8.90. The second-order valence-corrected chi connectivity index (χ2v) is 12.6. The number of para-hydroxylation sites is 1. The van der Waals surface area contributed by atoms with E-state index in [9.17, 15) is 28.8 Å². The number of aromatic nitrogens is 3. The zero-order valence-corrected chi connectivity index (χ0v) is 27.8. The molecule has 15 nitrogen and oxygen atoms in total. The van der Waals surface area contributed by atoms with Gasteiger partial charge in [-0.1, -0.05) is 31.5 Å². The summed E-state index contributed by atoms with van der Waals surface area (Å²) in [6.07, 6.45) is 6.70. The van der Waals surface area contributed by atoms with Gasteiger partial charge in [-0.2, -0.15) is 0 Å². The molecule has 1 saturated carbocycles. The molecule has 5 N–H and O–H groups in total. The van der Waals surface area contributed by atoms with E-state index < -0.39 is 30.2 Å². The molecule has 1 saturated heterocycles. The molecule has 0 radical (unpaired) electrons. The Balaban J connectivity index is 1.00. The molecule has 1 aliphatic carbocycles. The fraction of sp³-hybridized carbons (Fsp3) is 0.529. The van der Waals surface area contributed by atoms with Crippen LogP contribution in [0.1, 0.15) is 77.0 Å². The van der Waals surface area contributed by atoms with Crippen LogP contribution in [0.4, 0.5) is 5.82 Å². The highest BCUT2D eigenvalue weighted by Crippen LogP contribution is 2.30. The maximum atomic E-state index is 12.9. The lowest BCUT2D eigenvalue weighted by atomic mass is 9.81. The quantitative estimate of drug-likeness (QED) is 0.136. The normalized spacial score (nSPS) is 17.8. The number of nitrogens with zero attached hydrogens (tertiary/aromatic N) is 4. The zero-order valence-electron chi connectivity index (χ0n) is 27.8. The Morgan fingerprint density at radius 2 is 1.55 bits per heavy atom. The molecule has 262 valence electrons. The predicted molar refractivity (Wildman–Crippen MR) is 179 cm³/mol. The van der Waals surface area contributed by atoms with Crippen molar-refractivity contribution < 1.29 is 33.6 Å². The molecule has 2 fully saturated rings. The van der Waals surface area contributed by atoms with Gasteiger partial charge in [0.25, 0.3) is 11.8 Å². The van der Waals surface area contributed by atoms with Gasteiger partial charge in [-0.3, -0.25) is 24.0 Å². The summed E-state index contributed by atoms with van der Waals surface area (Å²) in [6.45, 7) is 2.55. The Bertz CT molecular complexity index is 1710. The highest BCUT2D eigenvalue weighted by molar-refractivity contribution is 6.06. The maximum absolute atomic E-state index is 12.9. The molecule has 2 aliphatic rings. The van der Waals surface area contributed by atoms with Gasteiger partial charge in [0.1, 0.15) is 17.9 Å². The van der Waals surface area contributed by atoms with Crippen molar-refractivity contribution in [3.63, 3.8) is 0 Å². The number of rotatable bonds is 15. The Kier molecular flexibility index (Phi) is 11.8. The topological polar surface area (TPSA) is 208 Å². The summed E-state index contributed by atoms with van der Waals surface area (Å²) in [5, 5.41) is 9.35. The van der Waals surface area contributed by atoms with Crippen LogP contribution >= 0.6 is 0 Å². The third-order valence-electron chi connectivity index (χ3n) is 9.07. The maximum Gasteiger partial charge on any atom is 0.352 e. The summed E-state index contributed by atoms with van der Waals surface area (Å²) in [7, 11) is 0. The van der Waals surface area contributed by atoms with Gasteiger partial charge in [0.2, 0.25) is 17.7 Å². The number of nitrogens with two attached hydrogens (primary N) is 1. The standard InChI is InChI=1S/C34H44N8O7/c1-2-3-10-25-40-30-31(23-8-4-5-9-24(23)39-32(30)35)41(25)18-7-6-17-36-33(47)21-11-13-22(14-12-21)34(48)38-19-26(43)37-20-29(46)49-42-27(44)15-16-28(42)45/h4-5,8-9,21-22H,2-3,6-7,10-20H2,1H3,(H2,35,39)(H,36,47)(H,37,43)(H,38,48). The van der Waals surface area contributed by atoms with Crippen molar-refractivity contribution in [3.05, 3.63) is 30.1 Å². The third-order valence-corrected chi connectivity index (χ3v) is 9.07. The lowest BCUT2D eigenvalue weighted by Crippen LogP contribution is -2.43. The van der Waals surface area contributed by atoms with E-state index in [1.54, 1.807) is 0 Å². The van der Waals surface area contributed by atoms with Crippen LogP contribution in [0.3, 0.4) is 0 Å². The molecular formula is C34H44N8O7. The minimum atomic E-state index is -0.972. The molecule has 3 heterocycles. The highest BCUT2D eigenvalue weighted by atomic mass is 16.7. The summed E-state index contributed by atoms with van der Waals surface area (Å²) in [6, 6.07) is 7.95. The number of imidazole rings is 1. The van der Waals surface area contributed by atoms with Gasteiger partial charge in [-0.15, -0.1) is 5.06 Å². The van der Waals surface area contributed by atoms with Crippen LogP contribution < -0.4 is 21.7 Å². The number of hydrogen-bond donors (Lipinski definition) is 4. The van der Waals surface area contributed by atoms with E-state index >= 15 is 0 Å². The fourth-order valence-electron chi connectivity index (χ4n) is 6.38. The van der Waals surface area contributed by atoms with Gasteiger partial charge >= 0.3 is 5.97 Å². The van der Waals surface area contributed by atoms with Crippen molar-refractivity contribution in [2.75, 3.05) is 25.4 Å². The van der Waals surface area contributed by atoms with Crippen LogP contribution in [0.25, 0.3) is 21.9 Å². The highest BCUT2D eigenvalue weighted by Gasteiger charge is 2.33. The Labute approximate surface area is 283 Å². The van der Waals surface area contributed by atoms with E-state index in [4.69, 9.17) is 10.7 Å². The summed E-state index contributed by atoms with van der Waals surface area (Å²) in [5.74, 6) is -2.18. The van der Waals surface area contributed by atoms with Crippen molar-refractivity contribution in [3.8, 4) is 0 Å². The molecule has 49 heavy (non-hydrogen) atoms. The molecular weight excluding hydrogens is 632 g/mol. The molecule has 1 aliphatic heterocycles. The molecule has 5 rings (SSSR count). The zero-order chi connectivity index (χ0) is 34.9. The van der Waals surface area contributed by atoms with Gasteiger partial charge < -0.3 is 31.1 Å². The summed E-state index contributed by atoms with van der Waals surface area (Å²) in [4.78, 5) is 86.6. The van der Waals surface area contributed by atoms with E-state index in [-0.39, 0.29) is 43.0 Å². The number of hydroxylamine groups is 2. The molecule has 3 aromatic rings. The number of pyridine rings is 1. The number of imide groups is 1. The molecule has 0 atom stereocenters. The first-order chi connectivity index (χ1) is 23.7. The van der Waals surface area contributed by atoms with Crippen molar-refractivity contribution in [2.24, 2.45) is 11.8 Å². The molecule has 15 heteroatoms. The van der Waals surface area contributed by atoms with Crippen molar-refractivity contribution >= 4 is 63.3 Å². The molecule has 2 aromatic heterocycles. The fourth-order valence-corrected chi connectivity index (χ4v) is 6.38. The summed E-state index contributed by atoms with van der Waals surface area (Å²) >= 11 is 0. The number of benzene rings is 1. The number of carbonyl (C=O) groups excluding carboxylic acids is 6. The number of aryl methyl sites for hydroxylation is 2. The average molecular weight is 677 g/mol. The van der Waals surface area contributed by atoms with Crippen LogP contribution in [0.2, 0.25) is 0 Å². The minimum Gasteiger partial charge on any atom is -0.382 e. The second-order valence-electron chi connectivity index (χ2n) is 12.6. The first kappa shape index (κ1) is 35.2. The minimum absolute atomic E-state index is 0.0102. The third kappa shape index (κ3) is 8.69. The number of fused-ring (bicyclic) bond motifs is 3. The van der Waals surface area contributed by atoms with Crippen molar-refractivity contribution in [2.45, 2.75) is 84.1 Å². The lowest BCUT2D eigenvalue weighted by Gasteiger charge is -2.27. The van der Waals surface area contributed by atoms with Gasteiger partial charge in [0, 0.05) is 49.6 Å². The molecule has 0 spiro atoms. The number of amides is 5. The lowest BCUT2D eigenvalue weighted by molar-refractivity contribution is -0.196. The predicted octanol–water partition coefficient (Wildman–Crippen LogP) is 2.05. The Morgan fingerprint density at radius 3 is 2.24 bits per heavy atom. The largest absolute Gasteiger partial charge is 0.382 e. The van der Waals surface area contributed by atoms with Crippen LogP contribution in [-0.2, 0) is 46.6 Å². The van der Waals surface area contributed by atoms with Crippen LogP contribution in [0.15, 0.2) is 24.3 Å². The van der Waals surface area contributed by atoms with Gasteiger partial charge in [-0.05, 0) is 51.0 Å². The van der Waals surface area contributed by atoms with E-state index in [0.717, 1.165) is 66.4 Å². The Morgan fingerprint density at radius 1 is 0.878 bits per heavy atom. The average Bonchev–Trinajstić information content (AvgIpc) is 3.63. The van der Waals surface area contributed by atoms with E-state index in [0.29, 0.717) is 43.1 Å². The van der Waals surface area contributed by atoms with Crippen LogP contribution in [0.5, 0.6) is 0 Å². The van der Waals surface area contributed by atoms with E-state index in [1.807, 2.05) is 18.2 Å². The first-order valence-corrected chi connectivity index (χ1v) is 17.1. The van der Waals surface area contributed by atoms with Crippen LogP contribution in [0, 0.1) is 11.8 Å². The van der Waals surface area contributed by atoms with E-state index in [1.165, 1.54) is 0 Å². The molecule has 5 amide bonds. The summed E-state index contributed by atoms with van der Waals surface area (Å²) < 4.78 is 2.26. The number of nitrogens with one attached hydrogen (secondary N) is 3. The number of anilines is 1. The SMILES string of the molecule is CCCCc1nc2c(N)nc3ccccc3c2n1CCCCNC(=O)C1CCC(C(=O)NCC(=O)NCC(=O)ON2C(=O)CCC2=O)CC1. The van der Waals surface area contributed by atoms with Crippen molar-refractivity contribution in [1.82, 2.24) is 35.5 Å². The van der Waals surface area contributed by atoms with E-state index in [2.05, 4.69) is 43.3 Å². The van der Waals surface area contributed by atoms with Gasteiger partial charge in [0.15, 0.2) is 5.82 Å². The smallest absolute Gasteiger partial charge is 0.352 e. The first-order valence-electron chi connectivity index (χ1n) is 17.1. The van der Waals surface area contributed by atoms with Crippen LogP contribution in [-0.4, -0.2) is 74.7 Å².